The van der Waals surface area contributed by atoms with Crippen LogP contribution in [0.15, 0.2) is 0 Å². The van der Waals surface area contributed by atoms with Crippen molar-refractivity contribution in [2.45, 2.75) is 12.8 Å². The second-order valence-corrected chi connectivity index (χ2v) is 6.65. The van der Waals surface area contributed by atoms with Crippen LogP contribution < -0.4 is 5.73 Å². The maximum atomic E-state index is 11.7. The summed E-state index contributed by atoms with van der Waals surface area (Å²) in [4.78, 5) is 13.5. The summed E-state index contributed by atoms with van der Waals surface area (Å²) in [7, 11) is -1.60. The minimum Gasteiger partial charge on any atom is -0.393 e. The molecule has 98 valence electrons. The maximum absolute atomic E-state index is 11.7. The highest BCUT2D eigenvalue weighted by molar-refractivity contribution is 7.89. The lowest BCUT2D eigenvalue weighted by Crippen LogP contribution is -2.40. The zero-order valence-electron chi connectivity index (χ0n) is 9.76. The molecule has 0 aromatic rings. The third-order valence-electron chi connectivity index (χ3n) is 2.63. The number of nitrogens with two attached hydrogens (primary N) is 1. The van der Waals surface area contributed by atoms with Gasteiger partial charge in [-0.1, -0.05) is 12.2 Å². The van der Waals surface area contributed by atoms with E-state index < -0.39 is 10.0 Å². The largest absolute Gasteiger partial charge is 0.393 e. The topological polar surface area (TPSA) is 83.7 Å². The smallest absolute Gasteiger partial charge is 0.237 e. The van der Waals surface area contributed by atoms with E-state index in [4.69, 9.17) is 18.0 Å². The number of likely N-dealkylation sites (N-methyl/N-ethyl adjacent to an activating group) is 1. The van der Waals surface area contributed by atoms with Gasteiger partial charge in [-0.25, -0.2) is 8.42 Å². The summed E-state index contributed by atoms with van der Waals surface area (Å²) in [6, 6.07) is 0. The van der Waals surface area contributed by atoms with Crippen molar-refractivity contribution in [2.75, 3.05) is 32.4 Å². The number of rotatable bonds is 5. The Bertz CT molecular complexity index is 408. The number of carbonyl (C=O) groups excluding carboxylic acids is 1. The fourth-order valence-corrected chi connectivity index (χ4v) is 3.10. The minimum atomic E-state index is -3.21. The van der Waals surface area contributed by atoms with Gasteiger partial charge in [-0.05, 0) is 6.42 Å². The van der Waals surface area contributed by atoms with Crippen molar-refractivity contribution >= 4 is 33.1 Å². The molecule has 0 spiro atoms. The molecule has 1 rings (SSSR count). The summed E-state index contributed by atoms with van der Waals surface area (Å²) in [6.07, 6.45) is 1.04. The fraction of sp³-hybridized carbons (Fsp3) is 0.778. The van der Waals surface area contributed by atoms with E-state index in [1.54, 1.807) is 7.05 Å². The van der Waals surface area contributed by atoms with Crippen LogP contribution in [0.4, 0.5) is 0 Å². The first-order chi connectivity index (χ1) is 7.83. The van der Waals surface area contributed by atoms with Gasteiger partial charge in [0.15, 0.2) is 0 Å². The quantitative estimate of drug-likeness (QED) is 0.663. The summed E-state index contributed by atoms with van der Waals surface area (Å²) in [5.41, 5.74) is 5.33. The highest BCUT2D eigenvalue weighted by Gasteiger charge is 2.30. The monoisotopic (exact) mass is 279 g/mol. The fourth-order valence-electron chi connectivity index (χ4n) is 1.54. The van der Waals surface area contributed by atoms with Crippen LogP contribution in [0.1, 0.15) is 12.8 Å². The molecular weight excluding hydrogens is 262 g/mol. The molecule has 1 aliphatic heterocycles. The lowest BCUT2D eigenvalue weighted by Gasteiger charge is -2.20. The van der Waals surface area contributed by atoms with Gasteiger partial charge in [-0.15, -0.1) is 0 Å². The van der Waals surface area contributed by atoms with Crippen molar-refractivity contribution in [2.24, 2.45) is 5.73 Å². The van der Waals surface area contributed by atoms with E-state index in [0.717, 1.165) is 0 Å². The molecule has 0 saturated carbocycles. The Morgan fingerprint density at radius 3 is 2.65 bits per heavy atom. The van der Waals surface area contributed by atoms with Gasteiger partial charge in [0.1, 0.15) is 0 Å². The second kappa shape index (κ2) is 5.74. The van der Waals surface area contributed by atoms with Crippen molar-refractivity contribution in [3.63, 3.8) is 0 Å². The highest BCUT2D eigenvalue weighted by atomic mass is 32.2. The molecular formula is C9H17N3O3S2. The Morgan fingerprint density at radius 2 is 2.18 bits per heavy atom. The van der Waals surface area contributed by atoms with Crippen molar-refractivity contribution in [3.8, 4) is 0 Å². The van der Waals surface area contributed by atoms with Gasteiger partial charge < -0.3 is 10.6 Å². The molecule has 6 nitrogen and oxygen atoms in total. The molecule has 8 heteroatoms. The van der Waals surface area contributed by atoms with E-state index in [1.807, 2.05) is 0 Å². The molecule has 1 heterocycles. The van der Waals surface area contributed by atoms with Crippen molar-refractivity contribution in [1.29, 1.82) is 0 Å². The van der Waals surface area contributed by atoms with E-state index >= 15 is 0 Å². The Morgan fingerprint density at radius 1 is 1.53 bits per heavy atom. The number of nitrogens with zero attached hydrogens (tertiary/aromatic N) is 2. The Kier molecular flexibility index (Phi) is 4.84. The molecule has 1 amide bonds. The zero-order chi connectivity index (χ0) is 13.1. The van der Waals surface area contributed by atoms with Crippen LogP contribution in [0.25, 0.3) is 0 Å². The SMILES string of the molecule is CN(CCC(N)=S)C(=O)CN1CCCS1(=O)=O. The van der Waals surface area contributed by atoms with Gasteiger partial charge in [-0.2, -0.15) is 4.31 Å². The average Bonchev–Trinajstić information content (AvgIpc) is 2.54. The number of amides is 1. The lowest BCUT2D eigenvalue weighted by molar-refractivity contribution is -0.129. The van der Waals surface area contributed by atoms with Gasteiger partial charge in [0.05, 0.1) is 17.3 Å². The highest BCUT2D eigenvalue weighted by Crippen LogP contribution is 2.12. The predicted molar refractivity (Wildman–Crippen MR) is 69.0 cm³/mol. The average molecular weight is 279 g/mol. The van der Waals surface area contributed by atoms with Gasteiger partial charge in [0, 0.05) is 26.6 Å². The predicted octanol–water partition coefficient (Wildman–Crippen LogP) is -0.843. The van der Waals surface area contributed by atoms with E-state index in [1.165, 1.54) is 9.21 Å². The molecule has 1 saturated heterocycles. The summed E-state index contributed by atoms with van der Waals surface area (Å²) in [5.74, 6) is -0.0941. The molecule has 2 N–H and O–H groups in total. The Balaban J connectivity index is 2.46. The van der Waals surface area contributed by atoms with Gasteiger partial charge in [0.25, 0.3) is 0 Å². The zero-order valence-corrected chi connectivity index (χ0v) is 11.4. The first-order valence-corrected chi connectivity index (χ1v) is 7.35. The first kappa shape index (κ1) is 14.3. The molecule has 0 radical (unpaired) electrons. The molecule has 0 bridgehead atoms. The van der Waals surface area contributed by atoms with Crippen LogP contribution in [0, 0.1) is 0 Å². The first-order valence-electron chi connectivity index (χ1n) is 5.33. The number of carbonyl (C=O) groups is 1. The molecule has 0 aromatic heterocycles. The second-order valence-electron chi connectivity index (χ2n) is 4.03. The standard InChI is InChI=1S/C9H17N3O3S2/c1-11(5-3-8(10)16)9(13)7-12-4-2-6-17(12,14)15/h2-7H2,1H3,(H2,10,16). The third kappa shape index (κ3) is 4.21. The van der Waals surface area contributed by atoms with Gasteiger partial charge >= 0.3 is 0 Å². The summed E-state index contributed by atoms with van der Waals surface area (Å²) in [5, 5.41) is 0. The lowest BCUT2D eigenvalue weighted by atomic mass is 10.4. The number of hydrogen-bond acceptors (Lipinski definition) is 4. The molecule has 17 heavy (non-hydrogen) atoms. The number of sulfonamides is 1. The van der Waals surface area contributed by atoms with Gasteiger partial charge in [-0.3, -0.25) is 4.79 Å². The van der Waals surface area contributed by atoms with Gasteiger partial charge in [0.2, 0.25) is 15.9 Å². The normalized spacial score (nSPS) is 19.1. The van der Waals surface area contributed by atoms with E-state index in [2.05, 4.69) is 0 Å². The third-order valence-corrected chi connectivity index (χ3v) is 4.74. The van der Waals surface area contributed by atoms with Crippen LogP contribution >= 0.6 is 12.2 Å². The molecule has 0 aliphatic carbocycles. The van der Waals surface area contributed by atoms with Crippen molar-refractivity contribution < 1.29 is 13.2 Å². The van der Waals surface area contributed by atoms with Crippen LogP contribution in [-0.2, 0) is 14.8 Å². The van der Waals surface area contributed by atoms with E-state index in [9.17, 15) is 13.2 Å². The number of thiocarbonyl (C=S) groups is 1. The van der Waals surface area contributed by atoms with E-state index in [0.29, 0.717) is 30.9 Å². The molecule has 1 aliphatic rings. The van der Waals surface area contributed by atoms with Crippen LogP contribution in [0.5, 0.6) is 0 Å². The summed E-state index contributed by atoms with van der Waals surface area (Å²) in [6.45, 7) is 0.759. The number of hydrogen-bond donors (Lipinski definition) is 1. The minimum absolute atomic E-state index is 0.0871. The summed E-state index contributed by atoms with van der Waals surface area (Å²) >= 11 is 4.71. The maximum Gasteiger partial charge on any atom is 0.237 e. The van der Waals surface area contributed by atoms with Crippen LogP contribution in [0.2, 0.25) is 0 Å². The van der Waals surface area contributed by atoms with Crippen molar-refractivity contribution in [3.05, 3.63) is 0 Å². The van der Waals surface area contributed by atoms with Crippen molar-refractivity contribution in [1.82, 2.24) is 9.21 Å². The van der Waals surface area contributed by atoms with E-state index in [-0.39, 0.29) is 18.2 Å². The molecule has 0 aromatic carbocycles. The molecule has 0 unspecified atom stereocenters. The Labute approximate surface area is 107 Å². The van der Waals surface area contributed by atoms with Crippen LogP contribution in [-0.4, -0.2) is 61.0 Å². The molecule has 0 atom stereocenters. The summed E-state index contributed by atoms with van der Waals surface area (Å²) < 4.78 is 24.2. The van der Waals surface area contributed by atoms with Crippen LogP contribution in [0.3, 0.4) is 0 Å². The molecule has 1 fully saturated rings. The Hall–Kier alpha value is -0.730.